The van der Waals surface area contributed by atoms with Gasteiger partial charge in [-0.2, -0.15) is 5.10 Å². The highest BCUT2D eigenvalue weighted by Crippen LogP contribution is 2.32. The van der Waals surface area contributed by atoms with Gasteiger partial charge in [-0.15, -0.1) is 0 Å². The normalized spacial score (nSPS) is 18.7. The minimum absolute atomic E-state index is 0.0260. The van der Waals surface area contributed by atoms with E-state index in [-0.39, 0.29) is 11.7 Å². The summed E-state index contributed by atoms with van der Waals surface area (Å²) in [5.41, 5.74) is -0.0260. The van der Waals surface area contributed by atoms with Crippen LogP contribution in [0.25, 0.3) is 0 Å². The van der Waals surface area contributed by atoms with Crippen molar-refractivity contribution in [1.29, 1.82) is 0 Å². The Morgan fingerprint density at radius 3 is 2.73 bits per heavy atom. The molecule has 0 amide bonds. The topological polar surface area (TPSA) is 27.1 Å². The standard InChI is InChI=1S/C9H11BrF2N2O/c10-7-5-13-14(8(7)9(11)12)6-1-3-15-4-2-6/h5-6,9H,1-4H2. The van der Waals surface area contributed by atoms with Gasteiger partial charge in [-0.3, -0.25) is 4.68 Å². The number of hydrogen-bond donors (Lipinski definition) is 0. The van der Waals surface area contributed by atoms with E-state index in [1.165, 1.54) is 10.9 Å². The lowest BCUT2D eigenvalue weighted by atomic mass is 10.1. The number of rotatable bonds is 2. The zero-order valence-electron chi connectivity index (χ0n) is 8.00. The first-order chi connectivity index (χ1) is 7.20. The van der Waals surface area contributed by atoms with Crippen molar-refractivity contribution in [2.24, 2.45) is 0 Å². The summed E-state index contributed by atoms with van der Waals surface area (Å²) in [5.74, 6) is 0. The second-order valence-electron chi connectivity index (χ2n) is 3.47. The highest BCUT2D eigenvalue weighted by Gasteiger charge is 2.25. The Labute approximate surface area is 94.5 Å². The molecule has 0 N–H and O–H groups in total. The van der Waals surface area contributed by atoms with Crippen LogP contribution in [0.5, 0.6) is 0 Å². The van der Waals surface area contributed by atoms with Gasteiger partial charge in [-0.05, 0) is 28.8 Å². The first-order valence-electron chi connectivity index (χ1n) is 4.79. The molecule has 0 atom stereocenters. The maximum atomic E-state index is 12.8. The molecule has 0 aromatic carbocycles. The van der Waals surface area contributed by atoms with Gasteiger partial charge in [0.25, 0.3) is 6.43 Å². The zero-order valence-corrected chi connectivity index (χ0v) is 9.58. The van der Waals surface area contributed by atoms with Gasteiger partial charge in [-0.1, -0.05) is 0 Å². The van der Waals surface area contributed by atoms with Crippen LogP contribution in [0.15, 0.2) is 10.7 Å². The fourth-order valence-electron chi connectivity index (χ4n) is 1.78. The maximum absolute atomic E-state index is 12.8. The fraction of sp³-hybridized carbons (Fsp3) is 0.667. The van der Waals surface area contributed by atoms with E-state index >= 15 is 0 Å². The molecule has 15 heavy (non-hydrogen) atoms. The molecule has 0 unspecified atom stereocenters. The smallest absolute Gasteiger partial charge is 0.281 e. The molecule has 1 saturated heterocycles. The first kappa shape index (κ1) is 11.0. The van der Waals surface area contributed by atoms with Gasteiger partial charge in [0.15, 0.2) is 0 Å². The molecule has 0 saturated carbocycles. The summed E-state index contributed by atoms with van der Waals surface area (Å²) in [6, 6.07) is 0.0362. The molecule has 6 heteroatoms. The SMILES string of the molecule is FC(F)c1c(Br)cnn1C1CCOCC1. The molecule has 3 nitrogen and oxygen atoms in total. The number of alkyl halides is 2. The van der Waals surface area contributed by atoms with Crippen molar-refractivity contribution in [2.75, 3.05) is 13.2 Å². The number of halogens is 3. The summed E-state index contributed by atoms with van der Waals surface area (Å²) >= 11 is 3.09. The van der Waals surface area contributed by atoms with Gasteiger partial charge >= 0.3 is 0 Å². The quantitative estimate of drug-likeness (QED) is 0.833. The second kappa shape index (κ2) is 4.57. The number of nitrogens with zero attached hydrogens (tertiary/aromatic N) is 2. The van der Waals surface area contributed by atoms with Gasteiger partial charge in [0, 0.05) is 13.2 Å². The highest BCUT2D eigenvalue weighted by molar-refractivity contribution is 9.10. The Kier molecular flexibility index (Phi) is 3.35. The van der Waals surface area contributed by atoms with Crippen LogP contribution >= 0.6 is 15.9 Å². The first-order valence-corrected chi connectivity index (χ1v) is 5.58. The lowest BCUT2D eigenvalue weighted by molar-refractivity contribution is 0.0594. The number of hydrogen-bond acceptors (Lipinski definition) is 2. The molecule has 1 aliphatic heterocycles. The van der Waals surface area contributed by atoms with E-state index in [2.05, 4.69) is 21.0 Å². The molecule has 2 rings (SSSR count). The van der Waals surface area contributed by atoms with Crippen LogP contribution in [-0.2, 0) is 4.74 Å². The lowest BCUT2D eigenvalue weighted by Gasteiger charge is -2.24. The molecule has 0 bridgehead atoms. The van der Waals surface area contributed by atoms with Crippen molar-refractivity contribution in [3.05, 3.63) is 16.4 Å². The Morgan fingerprint density at radius 2 is 2.13 bits per heavy atom. The zero-order chi connectivity index (χ0) is 10.8. The van der Waals surface area contributed by atoms with E-state index < -0.39 is 6.43 Å². The Morgan fingerprint density at radius 1 is 1.47 bits per heavy atom. The van der Waals surface area contributed by atoms with E-state index in [1.807, 2.05) is 0 Å². The van der Waals surface area contributed by atoms with Crippen molar-refractivity contribution < 1.29 is 13.5 Å². The molecule has 1 aliphatic rings. The van der Waals surface area contributed by atoms with Crippen LogP contribution in [0, 0.1) is 0 Å². The maximum Gasteiger partial charge on any atom is 0.281 e. The molecule has 0 aliphatic carbocycles. The van der Waals surface area contributed by atoms with Crippen LogP contribution in [0.1, 0.15) is 31.0 Å². The summed E-state index contributed by atoms with van der Waals surface area (Å²) in [5, 5.41) is 3.99. The monoisotopic (exact) mass is 280 g/mol. The van der Waals surface area contributed by atoms with E-state index in [0.717, 1.165) is 12.8 Å². The summed E-state index contributed by atoms with van der Waals surface area (Å²) < 4.78 is 32.5. The third kappa shape index (κ3) is 2.20. The highest BCUT2D eigenvalue weighted by atomic mass is 79.9. The third-order valence-electron chi connectivity index (χ3n) is 2.53. The van der Waals surface area contributed by atoms with Crippen LogP contribution < -0.4 is 0 Å². The van der Waals surface area contributed by atoms with Crippen molar-refractivity contribution in [3.63, 3.8) is 0 Å². The largest absolute Gasteiger partial charge is 0.381 e. The molecule has 1 aromatic rings. The summed E-state index contributed by atoms with van der Waals surface area (Å²) in [7, 11) is 0. The number of aromatic nitrogens is 2. The lowest BCUT2D eigenvalue weighted by Crippen LogP contribution is -2.22. The molecular weight excluding hydrogens is 270 g/mol. The van der Waals surface area contributed by atoms with Gasteiger partial charge in [0.2, 0.25) is 0 Å². The average molecular weight is 281 g/mol. The Bertz CT molecular complexity index is 337. The fourth-order valence-corrected chi connectivity index (χ4v) is 2.22. The van der Waals surface area contributed by atoms with Gasteiger partial charge in [0.1, 0.15) is 5.69 Å². The Hall–Kier alpha value is -0.490. The van der Waals surface area contributed by atoms with Gasteiger partial charge in [0.05, 0.1) is 16.7 Å². The molecule has 84 valence electrons. The van der Waals surface area contributed by atoms with Crippen molar-refractivity contribution >= 4 is 15.9 Å². The minimum Gasteiger partial charge on any atom is -0.381 e. The molecule has 1 fully saturated rings. The van der Waals surface area contributed by atoms with Crippen molar-refractivity contribution in [3.8, 4) is 0 Å². The van der Waals surface area contributed by atoms with Gasteiger partial charge < -0.3 is 4.74 Å². The Balaban J connectivity index is 2.26. The van der Waals surface area contributed by atoms with Crippen LogP contribution in [0.3, 0.4) is 0 Å². The summed E-state index contributed by atoms with van der Waals surface area (Å²) in [4.78, 5) is 0. The van der Waals surface area contributed by atoms with Crippen LogP contribution in [-0.4, -0.2) is 23.0 Å². The average Bonchev–Trinajstić information content (AvgIpc) is 2.61. The van der Waals surface area contributed by atoms with Crippen molar-refractivity contribution in [2.45, 2.75) is 25.3 Å². The molecular formula is C9H11BrF2N2O. The third-order valence-corrected chi connectivity index (χ3v) is 3.14. The minimum atomic E-state index is -2.50. The predicted molar refractivity (Wildman–Crippen MR) is 54.0 cm³/mol. The van der Waals surface area contributed by atoms with E-state index in [1.54, 1.807) is 0 Å². The molecule has 0 spiro atoms. The molecule has 0 radical (unpaired) electrons. The second-order valence-corrected chi connectivity index (χ2v) is 4.32. The molecule has 2 heterocycles. The van der Waals surface area contributed by atoms with E-state index in [9.17, 15) is 8.78 Å². The van der Waals surface area contributed by atoms with Gasteiger partial charge in [-0.25, -0.2) is 8.78 Å². The summed E-state index contributed by atoms with van der Waals surface area (Å²) in [6.45, 7) is 1.23. The predicted octanol–water partition coefficient (Wildman–Crippen LogP) is 2.93. The van der Waals surface area contributed by atoms with E-state index in [4.69, 9.17) is 4.74 Å². The van der Waals surface area contributed by atoms with Crippen LogP contribution in [0.2, 0.25) is 0 Å². The number of ether oxygens (including phenoxy) is 1. The van der Waals surface area contributed by atoms with Crippen molar-refractivity contribution in [1.82, 2.24) is 9.78 Å². The van der Waals surface area contributed by atoms with E-state index in [0.29, 0.717) is 17.7 Å². The molecule has 1 aromatic heterocycles. The van der Waals surface area contributed by atoms with Crippen LogP contribution in [0.4, 0.5) is 8.78 Å². The summed E-state index contributed by atoms with van der Waals surface area (Å²) in [6.07, 6.45) is 0.420.